The van der Waals surface area contributed by atoms with Gasteiger partial charge in [0.15, 0.2) is 0 Å². The molecule has 1 N–H and O–H groups in total. The summed E-state index contributed by atoms with van der Waals surface area (Å²) >= 11 is 0. The molecule has 0 heterocycles. The third kappa shape index (κ3) is 7.29. The van der Waals surface area contributed by atoms with Crippen LogP contribution in [-0.4, -0.2) is 38.6 Å². The Labute approximate surface area is 70.2 Å². The van der Waals surface area contributed by atoms with Crippen LogP contribution in [0.4, 0.5) is 4.79 Å². The Hall–Kier alpha value is -0.820. The summed E-state index contributed by atoms with van der Waals surface area (Å²) in [5, 5.41) is 0. The van der Waals surface area contributed by atoms with Crippen molar-refractivity contribution in [1.29, 1.82) is 0 Å². The topological polar surface area (TPSA) is 89.9 Å². The molecule has 0 aromatic carbocycles. The number of carbonyl (C=O) groups excluding carboxylic acids is 1. The Morgan fingerprint density at radius 3 is 2.50 bits per heavy atom. The van der Waals surface area contributed by atoms with E-state index in [2.05, 4.69) is 9.47 Å². The SMILES string of the molecule is COC(=O)OCCCS(=O)(=O)O. The highest BCUT2D eigenvalue weighted by molar-refractivity contribution is 7.85. The minimum atomic E-state index is -3.96. The molecule has 0 spiro atoms. The molecule has 0 rings (SSSR count). The predicted octanol–water partition coefficient (Wildman–Crippen LogP) is 0.0473. The van der Waals surface area contributed by atoms with E-state index in [9.17, 15) is 13.2 Å². The van der Waals surface area contributed by atoms with E-state index in [0.717, 1.165) is 7.11 Å². The average molecular weight is 198 g/mol. The summed E-state index contributed by atoms with van der Waals surface area (Å²) in [5.74, 6) is -0.427. The van der Waals surface area contributed by atoms with Gasteiger partial charge >= 0.3 is 6.16 Å². The molecule has 0 atom stereocenters. The minimum Gasteiger partial charge on any atom is -0.438 e. The van der Waals surface area contributed by atoms with Gasteiger partial charge in [0, 0.05) is 0 Å². The van der Waals surface area contributed by atoms with Crippen LogP contribution >= 0.6 is 0 Å². The number of rotatable bonds is 4. The molecule has 0 aliphatic carbocycles. The quantitative estimate of drug-likeness (QED) is 0.390. The van der Waals surface area contributed by atoms with Crippen molar-refractivity contribution in [2.24, 2.45) is 0 Å². The van der Waals surface area contributed by atoms with Crippen molar-refractivity contribution in [3.8, 4) is 0 Å². The Morgan fingerprint density at radius 1 is 1.50 bits per heavy atom. The van der Waals surface area contributed by atoms with E-state index in [1.165, 1.54) is 0 Å². The van der Waals surface area contributed by atoms with Crippen molar-refractivity contribution >= 4 is 16.3 Å². The van der Waals surface area contributed by atoms with Crippen LogP contribution in [0.3, 0.4) is 0 Å². The zero-order valence-corrected chi connectivity index (χ0v) is 7.33. The summed E-state index contributed by atoms with van der Waals surface area (Å²) in [6.07, 6.45) is -0.821. The van der Waals surface area contributed by atoms with Crippen LogP contribution in [0.5, 0.6) is 0 Å². The third-order valence-electron chi connectivity index (χ3n) is 0.933. The van der Waals surface area contributed by atoms with Crippen molar-refractivity contribution in [2.45, 2.75) is 6.42 Å². The lowest BCUT2D eigenvalue weighted by Gasteiger charge is -2.00. The van der Waals surface area contributed by atoms with Crippen LogP contribution in [0.2, 0.25) is 0 Å². The second-order valence-corrected chi connectivity index (χ2v) is 3.51. The second-order valence-electron chi connectivity index (χ2n) is 1.94. The lowest BCUT2D eigenvalue weighted by atomic mass is 10.5. The monoisotopic (exact) mass is 198 g/mol. The summed E-state index contributed by atoms with van der Waals surface area (Å²) in [6.45, 7) is -0.0908. The van der Waals surface area contributed by atoms with Gasteiger partial charge in [-0.05, 0) is 6.42 Å². The zero-order chi connectivity index (χ0) is 9.61. The molecular weight excluding hydrogens is 188 g/mol. The molecule has 0 saturated carbocycles. The average Bonchev–Trinajstić information content (AvgIpc) is 1.96. The molecule has 0 amide bonds. The summed E-state index contributed by atoms with van der Waals surface area (Å²) < 4.78 is 37.0. The lowest BCUT2D eigenvalue weighted by Crippen LogP contribution is -2.10. The minimum absolute atomic E-state index is 0.0495. The molecule has 0 fully saturated rings. The number of hydrogen-bond acceptors (Lipinski definition) is 5. The molecule has 0 radical (unpaired) electrons. The molecule has 0 aromatic rings. The first-order valence-corrected chi connectivity index (χ1v) is 4.72. The third-order valence-corrected chi connectivity index (χ3v) is 1.74. The Morgan fingerprint density at radius 2 is 2.08 bits per heavy atom. The molecule has 7 heteroatoms. The standard InChI is InChI=1S/C5H10O6S/c1-10-5(6)11-3-2-4-12(7,8)9/h2-4H2,1H3,(H,7,8,9). The summed E-state index contributed by atoms with van der Waals surface area (Å²) in [4.78, 5) is 10.3. The van der Waals surface area contributed by atoms with Gasteiger partial charge in [-0.2, -0.15) is 8.42 Å². The molecular formula is C5H10O6S. The fourth-order valence-electron chi connectivity index (χ4n) is 0.456. The van der Waals surface area contributed by atoms with Gasteiger partial charge in [-0.15, -0.1) is 0 Å². The number of methoxy groups -OCH3 is 1. The molecule has 0 aromatic heterocycles. The fourth-order valence-corrected chi connectivity index (χ4v) is 0.938. The fraction of sp³-hybridized carbons (Fsp3) is 0.800. The van der Waals surface area contributed by atoms with Gasteiger partial charge in [0.05, 0.1) is 19.5 Å². The van der Waals surface area contributed by atoms with Gasteiger partial charge in [0.25, 0.3) is 10.1 Å². The largest absolute Gasteiger partial charge is 0.507 e. The molecule has 0 aliphatic rings. The summed E-state index contributed by atoms with van der Waals surface area (Å²) in [6, 6.07) is 0. The predicted molar refractivity (Wildman–Crippen MR) is 39.4 cm³/mol. The van der Waals surface area contributed by atoms with Gasteiger partial charge in [0.1, 0.15) is 0 Å². The number of carbonyl (C=O) groups is 1. The number of hydrogen-bond donors (Lipinski definition) is 1. The highest BCUT2D eigenvalue weighted by Gasteiger charge is 2.05. The van der Waals surface area contributed by atoms with Crippen LogP contribution in [0.1, 0.15) is 6.42 Å². The van der Waals surface area contributed by atoms with Crippen molar-refractivity contribution in [3.05, 3.63) is 0 Å². The van der Waals surface area contributed by atoms with Crippen LogP contribution in [0.25, 0.3) is 0 Å². The van der Waals surface area contributed by atoms with Gasteiger partial charge in [0.2, 0.25) is 0 Å². The smallest absolute Gasteiger partial charge is 0.438 e. The van der Waals surface area contributed by atoms with Crippen LogP contribution in [0.15, 0.2) is 0 Å². The maximum Gasteiger partial charge on any atom is 0.507 e. The van der Waals surface area contributed by atoms with E-state index < -0.39 is 22.0 Å². The van der Waals surface area contributed by atoms with E-state index >= 15 is 0 Å². The van der Waals surface area contributed by atoms with E-state index in [-0.39, 0.29) is 13.0 Å². The van der Waals surface area contributed by atoms with Crippen LogP contribution in [0, 0.1) is 0 Å². The summed E-state index contributed by atoms with van der Waals surface area (Å²) in [7, 11) is -2.82. The van der Waals surface area contributed by atoms with Crippen molar-refractivity contribution in [1.82, 2.24) is 0 Å². The second kappa shape index (κ2) is 4.94. The molecule has 6 nitrogen and oxygen atoms in total. The summed E-state index contributed by atoms with van der Waals surface area (Å²) in [5.41, 5.74) is 0. The molecule has 0 bridgehead atoms. The zero-order valence-electron chi connectivity index (χ0n) is 6.52. The number of ether oxygens (including phenoxy) is 2. The van der Waals surface area contributed by atoms with Gasteiger partial charge in [-0.1, -0.05) is 0 Å². The highest BCUT2D eigenvalue weighted by Crippen LogP contribution is 1.90. The molecule has 0 aliphatic heterocycles. The molecule has 0 unspecified atom stereocenters. The molecule has 12 heavy (non-hydrogen) atoms. The van der Waals surface area contributed by atoms with E-state index in [1.54, 1.807) is 0 Å². The first-order valence-electron chi connectivity index (χ1n) is 3.11. The van der Waals surface area contributed by atoms with Crippen LogP contribution in [-0.2, 0) is 19.6 Å². The normalized spacial score (nSPS) is 10.8. The van der Waals surface area contributed by atoms with E-state index in [0.29, 0.717) is 0 Å². The van der Waals surface area contributed by atoms with E-state index in [1.807, 2.05) is 0 Å². The first kappa shape index (κ1) is 11.2. The maximum atomic E-state index is 10.3. The van der Waals surface area contributed by atoms with Crippen LogP contribution < -0.4 is 0 Å². The Balaban J connectivity index is 3.40. The first-order chi connectivity index (χ1) is 5.45. The van der Waals surface area contributed by atoms with Crippen molar-refractivity contribution < 1.29 is 27.2 Å². The van der Waals surface area contributed by atoms with Gasteiger partial charge in [-0.3, -0.25) is 4.55 Å². The van der Waals surface area contributed by atoms with Gasteiger partial charge < -0.3 is 9.47 Å². The molecule has 0 saturated heterocycles. The van der Waals surface area contributed by atoms with Crippen molar-refractivity contribution in [2.75, 3.05) is 19.5 Å². The van der Waals surface area contributed by atoms with Crippen molar-refractivity contribution in [3.63, 3.8) is 0 Å². The maximum absolute atomic E-state index is 10.3. The van der Waals surface area contributed by atoms with Gasteiger partial charge in [-0.25, -0.2) is 4.79 Å². The lowest BCUT2D eigenvalue weighted by molar-refractivity contribution is 0.0729. The Bertz CT molecular complexity index is 230. The Kier molecular flexibility index (Phi) is 4.60. The van der Waals surface area contributed by atoms with E-state index in [4.69, 9.17) is 4.55 Å². The molecule has 72 valence electrons. The highest BCUT2D eigenvalue weighted by atomic mass is 32.2.